The number of phenolic OH excluding ortho intramolecular Hbond substituents is 1. The van der Waals surface area contributed by atoms with Crippen LogP contribution >= 0.6 is 0 Å². The summed E-state index contributed by atoms with van der Waals surface area (Å²) in [4.78, 5) is 14.4. The number of nitrogens with one attached hydrogen (secondary N) is 2. The first kappa shape index (κ1) is 17.4. The summed E-state index contributed by atoms with van der Waals surface area (Å²) in [7, 11) is 0. The molecule has 1 atom stereocenters. The van der Waals surface area contributed by atoms with E-state index in [4.69, 9.17) is 4.42 Å². The number of carbonyl (C=O) groups excluding carboxylic acids is 1. The molecule has 1 fully saturated rings. The molecule has 134 valence electrons. The number of hydrogen-bond donors (Lipinski definition) is 3. The van der Waals surface area contributed by atoms with Gasteiger partial charge in [-0.3, -0.25) is 4.90 Å². The number of benzene rings is 1. The standard InChI is InChI=1S/C19H25N3O3/c23-17-7-2-1-6-15(17)9-10-20-19(24)21-14-16(18-8-5-13-25-18)22-11-3-4-12-22/h1-2,5-8,13,16,23H,3-4,9-12,14H2,(H2,20,21,24)/t16-/m0/s1. The summed E-state index contributed by atoms with van der Waals surface area (Å²) >= 11 is 0. The summed E-state index contributed by atoms with van der Waals surface area (Å²) in [6.45, 7) is 3.04. The molecule has 1 aromatic carbocycles. The molecule has 25 heavy (non-hydrogen) atoms. The van der Waals surface area contributed by atoms with Gasteiger partial charge in [-0.05, 0) is 56.1 Å². The summed E-state index contributed by atoms with van der Waals surface area (Å²) in [6.07, 6.45) is 4.63. The molecular formula is C19H25N3O3. The number of carbonyl (C=O) groups is 1. The first-order chi connectivity index (χ1) is 12.2. The van der Waals surface area contributed by atoms with Crippen LogP contribution in [0, 0.1) is 0 Å². The van der Waals surface area contributed by atoms with Crippen LogP contribution in [0.2, 0.25) is 0 Å². The van der Waals surface area contributed by atoms with Crippen molar-refractivity contribution >= 4 is 6.03 Å². The lowest BCUT2D eigenvalue weighted by Gasteiger charge is -2.26. The van der Waals surface area contributed by atoms with Crippen molar-refractivity contribution in [3.8, 4) is 5.75 Å². The van der Waals surface area contributed by atoms with E-state index < -0.39 is 0 Å². The van der Waals surface area contributed by atoms with E-state index in [9.17, 15) is 9.90 Å². The van der Waals surface area contributed by atoms with Gasteiger partial charge < -0.3 is 20.2 Å². The molecule has 6 nitrogen and oxygen atoms in total. The van der Waals surface area contributed by atoms with E-state index in [2.05, 4.69) is 15.5 Å². The minimum absolute atomic E-state index is 0.0708. The van der Waals surface area contributed by atoms with Gasteiger partial charge in [0.2, 0.25) is 0 Å². The second-order valence-electron chi connectivity index (χ2n) is 6.29. The third kappa shape index (κ3) is 4.76. The van der Waals surface area contributed by atoms with Crippen LogP contribution in [0.25, 0.3) is 0 Å². The fourth-order valence-electron chi connectivity index (χ4n) is 3.23. The molecule has 0 saturated carbocycles. The van der Waals surface area contributed by atoms with Gasteiger partial charge in [0, 0.05) is 13.1 Å². The predicted molar refractivity (Wildman–Crippen MR) is 95.5 cm³/mol. The number of furan rings is 1. The Morgan fingerprint density at radius 1 is 1.16 bits per heavy atom. The van der Waals surface area contributed by atoms with Gasteiger partial charge in [0.05, 0.1) is 12.3 Å². The van der Waals surface area contributed by atoms with Crippen LogP contribution in [0.3, 0.4) is 0 Å². The first-order valence-corrected chi connectivity index (χ1v) is 8.80. The van der Waals surface area contributed by atoms with Crippen LogP contribution in [0.15, 0.2) is 47.1 Å². The lowest BCUT2D eigenvalue weighted by Crippen LogP contribution is -2.42. The Morgan fingerprint density at radius 3 is 2.68 bits per heavy atom. The lowest BCUT2D eigenvalue weighted by atomic mass is 10.1. The van der Waals surface area contributed by atoms with Gasteiger partial charge in [-0.15, -0.1) is 0 Å². The van der Waals surface area contributed by atoms with Gasteiger partial charge in [0.1, 0.15) is 11.5 Å². The van der Waals surface area contributed by atoms with Crippen molar-refractivity contribution in [1.29, 1.82) is 0 Å². The van der Waals surface area contributed by atoms with E-state index in [1.54, 1.807) is 18.4 Å². The number of aromatic hydroxyl groups is 1. The van der Waals surface area contributed by atoms with Gasteiger partial charge in [-0.1, -0.05) is 18.2 Å². The van der Waals surface area contributed by atoms with Gasteiger partial charge in [-0.2, -0.15) is 0 Å². The average Bonchev–Trinajstić information content (AvgIpc) is 3.31. The number of phenols is 1. The molecule has 1 aromatic heterocycles. The molecule has 3 rings (SSSR count). The van der Waals surface area contributed by atoms with Gasteiger partial charge in [0.15, 0.2) is 0 Å². The molecule has 2 amide bonds. The number of para-hydroxylation sites is 1. The number of nitrogens with zero attached hydrogens (tertiary/aromatic N) is 1. The largest absolute Gasteiger partial charge is 0.508 e. The molecule has 1 saturated heterocycles. The molecule has 0 aliphatic carbocycles. The molecule has 0 unspecified atom stereocenters. The molecule has 6 heteroatoms. The zero-order valence-corrected chi connectivity index (χ0v) is 14.3. The van der Waals surface area contributed by atoms with Crippen LogP contribution < -0.4 is 10.6 Å². The van der Waals surface area contributed by atoms with Gasteiger partial charge >= 0.3 is 6.03 Å². The number of likely N-dealkylation sites (tertiary alicyclic amines) is 1. The van der Waals surface area contributed by atoms with E-state index in [0.29, 0.717) is 19.5 Å². The summed E-state index contributed by atoms with van der Waals surface area (Å²) < 4.78 is 5.55. The van der Waals surface area contributed by atoms with Crippen molar-refractivity contribution < 1.29 is 14.3 Å². The zero-order valence-electron chi connectivity index (χ0n) is 14.3. The summed E-state index contributed by atoms with van der Waals surface area (Å²) in [5.41, 5.74) is 0.827. The van der Waals surface area contributed by atoms with E-state index >= 15 is 0 Å². The molecular weight excluding hydrogens is 318 g/mol. The van der Waals surface area contributed by atoms with Crippen LogP contribution in [0.5, 0.6) is 5.75 Å². The molecule has 3 N–H and O–H groups in total. The monoisotopic (exact) mass is 343 g/mol. The average molecular weight is 343 g/mol. The highest BCUT2D eigenvalue weighted by atomic mass is 16.3. The Labute approximate surface area is 147 Å². The summed E-state index contributed by atoms with van der Waals surface area (Å²) in [5.74, 6) is 1.15. The SMILES string of the molecule is O=C(NCCc1ccccc1O)NC[C@@H](c1ccco1)N1CCCC1. The number of amides is 2. The topological polar surface area (TPSA) is 77.7 Å². The zero-order chi connectivity index (χ0) is 17.5. The van der Waals surface area contributed by atoms with Crippen molar-refractivity contribution in [1.82, 2.24) is 15.5 Å². The van der Waals surface area contributed by atoms with Crippen molar-refractivity contribution in [2.24, 2.45) is 0 Å². The minimum atomic E-state index is -0.203. The highest BCUT2D eigenvalue weighted by Gasteiger charge is 2.25. The summed E-state index contributed by atoms with van der Waals surface area (Å²) in [6, 6.07) is 10.9. The molecule has 0 spiro atoms. The maximum atomic E-state index is 12.1. The fraction of sp³-hybridized carbons (Fsp3) is 0.421. The quantitative estimate of drug-likeness (QED) is 0.722. The molecule has 0 radical (unpaired) electrons. The predicted octanol–water partition coefficient (Wildman–Crippen LogP) is 2.66. The third-order valence-electron chi connectivity index (χ3n) is 4.58. The van der Waals surface area contributed by atoms with Crippen molar-refractivity contribution in [2.75, 3.05) is 26.2 Å². The van der Waals surface area contributed by atoms with E-state index in [-0.39, 0.29) is 17.8 Å². The Hall–Kier alpha value is -2.47. The Bertz CT molecular complexity index is 666. The second-order valence-corrected chi connectivity index (χ2v) is 6.29. The third-order valence-corrected chi connectivity index (χ3v) is 4.58. The van der Waals surface area contributed by atoms with Crippen LogP contribution in [0.1, 0.15) is 30.2 Å². The number of hydrogen-bond acceptors (Lipinski definition) is 4. The normalized spacial score (nSPS) is 15.8. The van der Waals surface area contributed by atoms with Crippen LogP contribution in [0.4, 0.5) is 4.79 Å². The first-order valence-electron chi connectivity index (χ1n) is 8.80. The van der Waals surface area contributed by atoms with Crippen molar-refractivity contribution in [2.45, 2.75) is 25.3 Å². The second kappa shape index (κ2) is 8.58. The smallest absolute Gasteiger partial charge is 0.314 e. The van der Waals surface area contributed by atoms with E-state index in [1.807, 2.05) is 24.3 Å². The Balaban J connectivity index is 1.46. The van der Waals surface area contributed by atoms with Crippen LogP contribution in [-0.4, -0.2) is 42.2 Å². The maximum absolute atomic E-state index is 12.1. The van der Waals surface area contributed by atoms with Gasteiger partial charge in [0.25, 0.3) is 0 Å². The molecule has 0 bridgehead atoms. The highest BCUT2D eigenvalue weighted by molar-refractivity contribution is 5.73. The Morgan fingerprint density at radius 2 is 1.96 bits per heavy atom. The molecule has 1 aliphatic heterocycles. The highest BCUT2D eigenvalue weighted by Crippen LogP contribution is 2.24. The number of urea groups is 1. The lowest BCUT2D eigenvalue weighted by molar-refractivity contribution is 0.203. The minimum Gasteiger partial charge on any atom is -0.508 e. The number of rotatable bonds is 7. The Kier molecular flexibility index (Phi) is 5.95. The maximum Gasteiger partial charge on any atom is 0.314 e. The molecule has 2 aromatic rings. The molecule has 2 heterocycles. The van der Waals surface area contributed by atoms with E-state index in [1.165, 1.54) is 12.8 Å². The van der Waals surface area contributed by atoms with Gasteiger partial charge in [-0.25, -0.2) is 4.79 Å². The molecule has 1 aliphatic rings. The fourth-order valence-corrected chi connectivity index (χ4v) is 3.23. The van der Waals surface area contributed by atoms with Crippen molar-refractivity contribution in [3.63, 3.8) is 0 Å². The van der Waals surface area contributed by atoms with Crippen molar-refractivity contribution in [3.05, 3.63) is 54.0 Å². The van der Waals surface area contributed by atoms with Crippen LogP contribution in [-0.2, 0) is 6.42 Å². The summed E-state index contributed by atoms with van der Waals surface area (Å²) in [5, 5.41) is 15.5. The van der Waals surface area contributed by atoms with E-state index in [0.717, 1.165) is 24.4 Å².